The first-order chi connectivity index (χ1) is 14.4. The molecule has 1 fully saturated rings. The first kappa shape index (κ1) is 21.3. The summed E-state index contributed by atoms with van der Waals surface area (Å²) in [6.45, 7) is -0.0842. The predicted molar refractivity (Wildman–Crippen MR) is 107 cm³/mol. The fraction of sp³-hybridized carbons (Fsp3) is 0.300. The number of piperazine rings is 1. The zero-order chi connectivity index (χ0) is 22.6. The van der Waals surface area contributed by atoms with Crippen molar-refractivity contribution < 1.29 is 31.2 Å². The second-order valence-electron chi connectivity index (χ2n) is 7.46. The fourth-order valence-electron chi connectivity index (χ4n) is 3.78. The summed E-state index contributed by atoms with van der Waals surface area (Å²) in [7, 11) is -3.53. The molecule has 1 saturated heterocycles. The number of nitrogens with one attached hydrogen (secondary N) is 1. The van der Waals surface area contributed by atoms with Gasteiger partial charge in [-0.1, -0.05) is 18.2 Å². The summed E-state index contributed by atoms with van der Waals surface area (Å²) in [6, 6.07) is 8.18. The Morgan fingerprint density at radius 2 is 1.74 bits per heavy atom. The van der Waals surface area contributed by atoms with E-state index in [1.165, 1.54) is 35.2 Å². The summed E-state index contributed by atoms with van der Waals surface area (Å²) in [5.74, 6) is -1.01. The lowest BCUT2D eigenvalue weighted by Crippen LogP contribution is -2.59. The Morgan fingerprint density at radius 3 is 2.42 bits per heavy atom. The fourth-order valence-corrected chi connectivity index (χ4v) is 4.61. The van der Waals surface area contributed by atoms with Crippen LogP contribution in [0.25, 0.3) is 11.1 Å². The van der Waals surface area contributed by atoms with Gasteiger partial charge in [-0.2, -0.15) is 17.5 Å². The first-order valence-corrected chi connectivity index (χ1v) is 11.2. The van der Waals surface area contributed by atoms with Crippen LogP contribution in [-0.4, -0.2) is 61.4 Å². The number of rotatable bonds is 2. The van der Waals surface area contributed by atoms with Crippen LogP contribution in [0.4, 0.5) is 18.9 Å². The second kappa shape index (κ2) is 7.34. The van der Waals surface area contributed by atoms with Crippen molar-refractivity contribution in [1.29, 1.82) is 0 Å². The lowest BCUT2D eigenvalue weighted by Gasteiger charge is -2.38. The van der Waals surface area contributed by atoms with E-state index in [1.807, 2.05) is 0 Å². The monoisotopic (exact) mass is 453 g/mol. The van der Waals surface area contributed by atoms with E-state index in [0.717, 1.165) is 22.7 Å². The number of hydrogen-bond donors (Lipinski definition) is 1. The van der Waals surface area contributed by atoms with Crippen LogP contribution < -0.4 is 5.32 Å². The van der Waals surface area contributed by atoms with Crippen molar-refractivity contribution in [3.05, 3.63) is 53.6 Å². The number of amides is 2. The first-order valence-electron chi connectivity index (χ1n) is 9.34. The maximum atomic E-state index is 13.2. The highest BCUT2D eigenvalue weighted by Crippen LogP contribution is 2.34. The van der Waals surface area contributed by atoms with E-state index in [0.29, 0.717) is 5.56 Å². The molecule has 1 unspecified atom stereocenters. The average Bonchev–Trinajstić information content (AvgIpc) is 2.81. The van der Waals surface area contributed by atoms with Crippen LogP contribution in [0.5, 0.6) is 0 Å². The van der Waals surface area contributed by atoms with Gasteiger partial charge in [-0.3, -0.25) is 9.59 Å². The van der Waals surface area contributed by atoms with E-state index in [9.17, 15) is 31.2 Å². The molecule has 11 heteroatoms. The summed E-state index contributed by atoms with van der Waals surface area (Å²) < 4.78 is 64.1. The maximum Gasteiger partial charge on any atom is 0.416 e. The number of hydrogen-bond acceptors (Lipinski definition) is 4. The van der Waals surface area contributed by atoms with Crippen LogP contribution >= 0.6 is 0 Å². The van der Waals surface area contributed by atoms with Crippen molar-refractivity contribution in [1.82, 2.24) is 9.21 Å². The molecule has 0 saturated carbocycles. The second-order valence-corrected chi connectivity index (χ2v) is 9.45. The summed E-state index contributed by atoms with van der Waals surface area (Å²) >= 11 is 0. The van der Waals surface area contributed by atoms with Gasteiger partial charge < -0.3 is 10.2 Å². The Balaban J connectivity index is 1.71. The van der Waals surface area contributed by atoms with Crippen LogP contribution in [0.2, 0.25) is 0 Å². The highest BCUT2D eigenvalue weighted by atomic mass is 32.2. The van der Waals surface area contributed by atoms with Gasteiger partial charge in [-0.25, -0.2) is 8.42 Å². The molecule has 2 aromatic carbocycles. The molecule has 31 heavy (non-hydrogen) atoms. The third-order valence-electron chi connectivity index (χ3n) is 5.41. The standard InChI is InChI=1S/C20H18F3N3O4S/c1-31(29,30)25-7-8-26-17(11-25)18(27)24-16-6-5-13(10-15(16)19(26)28)12-3-2-4-14(9-12)20(21,22)23/h2-6,9-10,17H,7-8,11H2,1H3,(H,24,27). The largest absolute Gasteiger partial charge is 0.416 e. The van der Waals surface area contributed by atoms with Crippen molar-refractivity contribution in [2.24, 2.45) is 0 Å². The molecule has 2 aliphatic rings. The van der Waals surface area contributed by atoms with Crippen molar-refractivity contribution in [2.45, 2.75) is 12.2 Å². The lowest BCUT2D eigenvalue weighted by molar-refractivity contribution is -0.137. The predicted octanol–water partition coefficient (Wildman–Crippen LogP) is 2.41. The number of carbonyl (C=O) groups excluding carboxylic acids is 2. The number of anilines is 1. The molecule has 2 amide bonds. The van der Waals surface area contributed by atoms with Crippen LogP contribution in [-0.2, 0) is 21.0 Å². The zero-order valence-electron chi connectivity index (χ0n) is 16.3. The summed E-state index contributed by atoms with van der Waals surface area (Å²) in [5, 5.41) is 2.64. The molecule has 2 aliphatic heterocycles. The van der Waals surface area contributed by atoms with E-state index < -0.39 is 39.6 Å². The molecule has 0 bridgehead atoms. The molecule has 1 N–H and O–H groups in total. The van der Waals surface area contributed by atoms with Crippen LogP contribution in [0.15, 0.2) is 42.5 Å². The highest BCUT2D eigenvalue weighted by Gasteiger charge is 2.41. The van der Waals surface area contributed by atoms with Crippen molar-refractivity contribution in [3.8, 4) is 11.1 Å². The SMILES string of the molecule is CS(=O)(=O)N1CCN2C(=O)c3cc(-c4cccc(C(F)(F)F)c4)ccc3NC(=O)C2C1. The van der Waals surface area contributed by atoms with E-state index >= 15 is 0 Å². The average molecular weight is 453 g/mol. The van der Waals surface area contributed by atoms with Crippen LogP contribution in [0.3, 0.4) is 0 Å². The Morgan fingerprint density at radius 1 is 1.03 bits per heavy atom. The van der Waals surface area contributed by atoms with E-state index in [4.69, 9.17) is 0 Å². The number of sulfonamides is 1. The summed E-state index contributed by atoms with van der Waals surface area (Å²) in [6.07, 6.45) is -3.47. The number of carbonyl (C=O) groups is 2. The molecule has 7 nitrogen and oxygen atoms in total. The number of halogens is 3. The Kier molecular flexibility index (Phi) is 5.05. The molecular weight excluding hydrogens is 435 g/mol. The normalized spacial score (nSPS) is 20.0. The van der Waals surface area contributed by atoms with Gasteiger partial charge in [0.1, 0.15) is 6.04 Å². The van der Waals surface area contributed by atoms with Crippen LogP contribution in [0.1, 0.15) is 15.9 Å². The highest BCUT2D eigenvalue weighted by molar-refractivity contribution is 7.88. The zero-order valence-corrected chi connectivity index (χ0v) is 17.1. The molecule has 0 aliphatic carbocycles. The maximum absolute atomic E-state index is 13.2. The molecule has 1 atom stereocenters. The van der Waals surface area contributed by atoms with Gasteiger partial charge in [0.25, 0.3) is 5.91 Å². The molecule has 2 aromatic rings. The van der Waals surface area contributed by atoms with E-state index in [2.05, 4.69) is 5.32 Å². The third-order valence-corrected chi connectivity index (χ3v) is 6.68. The topological polar surface area (TPSA) is 86.8 Å². The molecule has 0 radical (unpaired) electrons. The van der Waals surface area contributed by atoms with Gasteiger partial charge in [0.05, 0.1) is 23.1 Å². The van der Waals surface area contributed by atoms with Crippen LogP contribution in [0, 0.1) is 0 Å². The van der Waals surface area contributed by atoms with E-state index in [1.54, 1.807) is 0 Å². The van der Waals surface area contributed by atoms with Gasteiger partial charge in [0, 0.05) is 19.6 Å². The van der Waals surface area contributed by atoms with Gasteiger partial charge >= 0.3 is 6.18 Å². The summed E-state index contributed by atoms with van der Waals surface area (Å²) in [4.78, 5) is 27.2. The van der Waals surface area contributed by atoms with Gasteiger partial charge in [-0.15, -0.1) is 0 Å². The molecule has 2 heterocycles. The van der Waals surface area contributed by atoms with Crippen molar-refractivity contribution in [3.63, 3.8) is 0 Å². The minimum atomic E-state index is -4.50. The van der Waals surface area contributed by atoms with Crippen molar-refractivity contribution >= 4 is 27.5 Å². The Bertz CT molecular complexity index is 1180. The number of fused-ring (bicyclic) bond motifs is 2. The Labute approximate surface area is 176 Å². The van der Waals surface area contributed by atoms with Gasteiger partial charge in [-0.05, 0) is 35.4 Å². The molecular formula is C20H18F3N3O4S. The minimum Gasteiger partial charge on any atom is -0.324 e. The minimum absolute atomic E-state index is 0.0250. The van der Waals surface area contributed by atoms with Gasteiger partial charge in [0.2, 0.25) is 15.9 Å². The number of benzene rings is 2. The molecule has 0 aromatic heterocycles. The summed E-state index contributed by atoms with van der Waals surface area (Å²) in [5.41, 5.74) is 0.223. The van der Waals surface area contributed by atoms with Crippen molar-refractivity contribution in [2.75, 3.05) is 31.2 Å². The quantitative estimate of drug-likeness (QED) is 0.757. The molecule has 164 valence electrons. The third kappa shape index (κ3) is 4.02. The molecule has 4 rings (SSSR count). The van der Waals surface area contributed by atoms with Gasteiger partial charge in [0.15, 0.2) is 0 Å². The Hall–Kier alpha value is -2.92. The van der Waals surface area contributed by atoms with E-state index in [-0.39, 0.29) is 36.4 Å². The number of alkyl halides is 3. The lowest BCUT2D eigenvalue weighted by atomic mass is 9.99. The number of nitrogens with zero attached hydrogens (tertiary/aromatic N) is 2. The smallest absolute Gasteiger partial charge is 0.324 e. The molecule has 0 spiro atoms.